The van der Waals surface area contributed by atoms with Crippen LogP contribution < -0.4 is 34.5 Å². The van der Waals surface area contributed by atoms with Gasteiger partial charge in [0.05, 0.1) is 0 Å². The minimum absolute atomic E-state index is 0. The Labute approximate surface area is 88.3 Å². The molecule has 0 aliphatic carbocycles. The number of nitrogens with zero attached hydrogens (tertiary/aromatic N) is 1. The molecular weight excluding hydrogens is 291 g/mol. The molecule has 1 aromatic rings. The smallest absolute Gasteiger partial charge is 0.217 e. The molecule has 1 heterocycles. The van der Waals surface area contributed by atoms with Crippen molar-refractivity contribution in [2.24, 2.45) is 0 Å². The van der Waals surface area contributed by atoms with Crippen LogP contribution in [-0.2, 0) is 9.84 Å². The van der Waals surface area contributed by atoms with Crippen molar-refractivity contribution >= 4 is 9.84 Å². The summed E-state index contributed by atoms with van der Waals surface area (Å²) >= 11 is 0. The van der Waals surface area contributed by atoms with Gasteiger partial charge in [-0.1, -0.05) is 4.68 Å². The molecule has 4 nitrogen and oxygen atoms in total. The molecule has 6 heteroatoms. The third-order valence-corrected chi connectivity index (χ3v) is 2.32. The molecule has 0 spiro atoms. The van der Waals surface area contributed by atoms with Crippen molar-refractivity contribution in [2.75, 3.05) is 12.1 Å². The lowest BCUT2D eigenvalue weighted by Gasteiger charge is -1.92. The fourth-order valence-electron chi connectivity index (χ4n) is 0.690. The van der Waals surface area contributed by atoms with E-state index in [4.69, 9.17) is 5.84 Å². The van der Waals surface area contributed by atoms with Crippen LogP contribution in [0.4, 0.5) is 0 Å². The highest BCUT2D eigenvalue weighted by Crippen LogP contribution is 2.02. The highest BCUT2D eigenvalue weighted by molar-refractivity contribution is 7.90. The van der Waals surface area contributed by atoms with Gasteiger partial charge in [-0.05, 0) is 6.07 Å². The summed E-state index contributed by atoms with van der Waals surface area (Å²) in [6.45, 7) is 0. The van der Waals surface area contributed by atoms with Crippen LogP contribution in [0.3, 0.4) is 0 Å². The van der Waals surface area contributed by atoms with E-state index in [1.165, 1.54) is 16.9 Å². The van der Waals surface area contributed by atoms with Gasteiger partial charge >= 0.3 is 0 Å². The van der Waals surface area contributed by atoms with Crippen molar-refractivity contribution in [1.29, 1.82) is 0 Å². The number of rotatable bonds is 1. The van der Waals surface area contributed by atoms with Crippen molar-refractivity contribution in [3.05, 3.63) is 24.5 Å². The van der Waals surface area contributed by atoms with Gasteiger partial charge in [0.1, 0.15) is 4.90 Å². The van der Waals surface area contributed by atoms with Crippen molar-refractivity contribution < 1.29 is 37.1 Å². The number of nitrogen functional groups attached to an aromatic ring is 1. The number of nitrogens with two attached hydrogens (primary N) is 1. The van der Waals surface area contributed by atoms with E-state index in [1.807, 2.05) is 0 Å². The van der Waals surface area contributed by atoms with Crippen molar-refractivity contribution in [3.63, 3.8) is 0 Å². The summed E-state index contributed by atoms with van der Waals surface area (Å²) in [5.74, 6) is 5.31. The SMILES string of the molecule is CS(=O)(=O)c1ccc[n+](N)c1.[I-]. The maximum atomic E-state index is 10.9. The number of pyridine rings is 1. The molecular formula is C6H9IN2O2S. The maximum absolute atomic E-state index is 10.9. The third-order valence-electron chi connectivity index (χ3n) is 1.22. The standard InChI is InChI=1S/C6H9N2O2S.HI/c1-11(9,10)6-3-2-4-8(7)5-6;/h2-5H,7H2,1H3;1H/q+1;/p-1. The van der Waals surface area contributed by atoms with E-state index in [9.17, 15) is 8.42 Å². The van der Waals surface area contributed by atoms with Gasteiger partial charge in [0, 0.05) is 12.3 Å². The highest BCUT2D eigenvalue weighted by atomic mass is 127. The van der Waals surface area contributed by atoms with Crippen LogP contribution >= 0.6 is 0 Å². The first kappa shape index (κ1) is 11.6. The molecule has 2 N–H and O–H groups in total. The molecule has 0 saturated heterocycles. The van der Waals surface area contributed by atoms with E-state index >= 15 is 0 Å². The Kier molecular flexibility index (Phi) is 3.91. The molecule has 1 rings (SSSR count). The van der Waals surface area contributed by atoms with Gasteiger partial charge in [-0.2, -0.15) is 0 Å². The zero-order valence-electron chi connectivity index (χ0n) is 6.44. The summed E-state index contributed by atoms with van der Waals surface area (Å²) in [7, 11) is -3.13. The average molecular weight is 300 g/mol. The molecule has 1 aromatic heterocycles. The van der Waals surface area contributed by atoms with Gasteiger partial charge in [0.25, 0.3) is 0 Å². The Morgan fingerprint density at radius 1 is 1.50 bits per heavy atom. The molecule has 0 aromatic carbocycles. The summed E-state index contributed by atoms with van der Waals surface area (Å²) in [4.78, 5) is 0.225. The van der Waals surface area contributed by atoms with Gasteiger partial charge in [-0.3, -0.25) is 0 Å². The maximum Gasteiger partial charge on any atom is 0.217 e. The minimum atomic E-state index is -3.13. The quantitative estimate of drug-likeness (QED) is 0.328. The molecule has 0 atom stereocenters. The zero-order valence-corrected chi connectivity index (χ0v) is 9.41. The first-order valence-corrected chi connectivity index (χ1v) is 4.86. The predicted molar refractivity (Wildman–Crippen MR) is 39.9 cm³/mol. The second-order valence-corrected chi connectivity index (χ2v) is 4.27. The molecule has 0 amide bonds. The van der Waals surface area contributed by atoms with E-state index < -0.39 is 9.84 Å². The average Bonchev–Trinajstić information content (AvgIpc) is 1.86. The Morgan fingerprint density at radius 2 is 2.08 bits per heavy atom. The minimum Gasteiger partial charge on any atom is -1.00 e. The molecule has 0 aliphatic heterocycles. The van der Waals surface area contributed by atoms with Crippen molar-refractivity contribution in [1.82, 2.24) is 0 Å². The lowest BCUT2D eigenvalue weighted by atomic mass is 10.5. The Bertz CT molecular complexity index is 364. The fourth-order valence-corrected chi connectivity index (χ4v) is 1.33. The second kappa shape index (κ2) is 4.04. The van der Waals surface area contributed by atoms with Crippen LogP contribution in [0.1, 0.15) is 0 Å². The molecule has 0 bridgehead atoms. The summed E-state index contributed by atoms with van der Waals surface area (Å²) in [6, 6.07) is 3.08. The van der Waals surface area contributed by atoms with E-state index in [0.29, 0.717) is 0 Å². The Morgan fingerprint density at radius 3 is 2.42 bits per heavy atom. The number of halogens is 1. The van der Waals surface area contributed by atoms with Gasteiger partial charge in [-0.15, -0.1) is 0 Å². The van der Waals surface area contributed by atoms with Crippen LogP contribution in [0.2, 0.25) is 0 Å². The molecule has 0 radical (unpaired) electrons. The van der Waals surface area contributed by atoms with Gasteiger partial charge in [-0.25, -0.2) is 14.3 Å². The summed E-state index contributed by atoms with van der Waals surface area (Å²) in [5.41, 5.74) is 0. The van der Waals surface area contributed by atoms with Crippen LogP contribution in [0.25, 0.3) is 0 Å². The predicted octanol–water partition coefficient (Wildman–Crippen LogP) is -3.90. The van der Waals surface area contributed by atoms with E-state index in [2.05, 4.69) is 0 Å². The Balaban J connectivity index is 0.00000121. The van der Waals surface area contributed by atoms with Gasteiger partial charge in [0.15, 0.2) is 16.0 Å². The first-order valence-electron chi connectivity index (χ1n) is 2.96. The lowest BCUT2D eigenvalue weighted by molar-refractivity contribution is -0.640. The lowest BCUT2D eigenvalue weighted by Crippen LogP contribution is -3.00. The number of hydrogen-bond donors (Lipinski definition) is 1. The second-order valence-electron chi connectivity index (χ2n) is 2.26. The van der Waals surface area contributed by atoms with Crippen LogP contribution in [0, 0.1) is 0 Å². The normalized spacial score (nSPS) is 10.4. The molecule has 0 saturated carbocycles. The van der Waals surface area contributed by atoms with E-state index in [-0.39, 0.29) is 28.9 Å². The zero-order chi connectivity index (χ0) is 8.48. The number of sulfone groups is 1. The molecule has 0 fully saturated rings. The molecule has 0 unspecified atom stereocenters. The molecule has 0 aliphatic rings. The summed E-state index contributed by atoms with van der Waals surface area (Å²) in [5, 5.41) is 0. The highest BCUT2D eigenvalue weighted by Gasteiger charge is 2.09. The van der Waals surface area contributed by atoms with Gasteiger partial charge < -0.3 is 24.0 Å². The number of aromatic nitrogens is 1. The van der Waals surface area contributed by atoms with E-state index in [1.54, 1.807) is 12.3 Å². The number of hydrogen-bond acceptors (Lipinski definition) is 3. The van der Waals surface area contributed by atoms with E-state index in [0.717, 1.165) is 6.26 Å². The van der Waals surface area contributed by atoms with Crippen LogP contribution in [0.15, 0.2) is 29.4 Å². The van der Waals surface area contributed by atoms with Crippen molar-refractivity contribution in [3.8, 4) is 0 Å². The molecule has 12 heavy (non-hydrogen) atoms. The molecule has 68 valence electrons. The topological polar surface area (TPSA) is 64.0 Å². The first-order chi connectivity index (χ1) is 5.00. The Hall–Kier alpha value is -0.370. The monoisotopic (exact) mass is 300 g/mol. The fraction of sp³-hybridized carbons (Fsp3) is 0.167. The third kappa shape index (κ3) is 2.94. The van der Waals surface area contributed by atoms with Crippen LogP contribution in [-0.4, -0.2) is 14.7 Å². The summed E-state index contributed by atoms with van der Waals surface area (Å²) in [6.07, 6.45) is 4.06. The van der Waals surface area contributed by atoms with Gasteiger partial charge in [0.2, 0.25) is 6.20 Å². The van der Waals surface area contributed by atoms with Crippen molar-refractivity contribution in [2.45, 2.75) is 4.90 Å². The van der Waals surface area contributed by atoms with Crippen LogP contribution in [0.5, 0.6) is 0 Å². The summed E-state index contributed by atoms with van der Waals surface area (Å²) < 4.78 is 23.0. The largest absolute Gasteiger partial charge is 1.00 e.